The molecule has 2 fully saturated rings. The molecule has 2 saturated heterocycles. The van der Waals surface area contributed by atoms with Crippen LogP contribution in [0.3, 0.4) is 0 Å². The monoisotopic (exact) mass is 236 g/mol. The largest absolute Gasteiger partial charge is 0.481 e. The molecule has 2 heterocycles. The quantitative estimate of drug-likeness (QED) is 0.665. The van der Waals surface area contributed by atoms with Crippen molar-refractivity contribution < 1.29 is 14.7 Å². The second-order valence-electron chi connectivity index (χ2n) is 4.74. The number of carboxylic acids is 1. The summed E-state index contributed by atoms with van der Waals surface area (Å²) in [5.41, 5.74) is 5.70. The normalized spacial score (nSPS) is 32.2. The van der Waals surface area contributed by atoms with Crippen molar-refractivity contribution in [3.05, 3.63) is 0 Å². The third kappa shape index (κ3) is 1.89. The average molecular weight is 236 g/mol. The van der Waals surface area contributed by atoms with Gasteiger partial charge in [-0.2, -0.15) is 0 Å². The topological polar surface area (TPSA) is 83.6 Å². The van der Waals surface area contributed by atoms with E-state index in [2.05, 4.69) is 5.92 Å². The number of terminal acetylenes is 1. The van der Waals surface area contributed by atoms with Gasteiger partial charge in [-0.25, -0.2) is 0 Å². The lowest BCUT2D eigenvalue weighted by Gasteiger charge is -2.25. The molecular formula is C12H16N2O3. The van der Waals surface area contributed by atoms with E-state index in [9.17, 15) is 9.59 Å². The predicted octanol–water partition coefficient (Wildman–Crippen LogP) is -0.199. The number of carbonyl (C=O) groups excluding carboxylic acids is 1. The van der Waals surface area contributed by atoms with Gasteiger partial charge >= 0.3 is 5.97 Å². The van der Waals surface area contributed by atoms with Gasteiger partial charge in [-0.3, -0.25) is 9.59 Å². The summed E-state index contributed by atoms with van der Waals surface area (Å²) < 4.78 is 0. The van der Waals surface area contributed by atoms with Crippen molar-refractivity contribution in [1.82, 2.24) is 4.90 Å². The Hall–Kier alpha value is -1.54. The first-order valence-corrected chi connectivity index (χ1v) is 5.80. The Morgan fingerprint density at radius 2 is 2.24 bits per heavy atom. The van der Waals surface area contributed by atoms with Gasteiger partial charge in [0.1, 0.15) is 0 Å². The Kier molecular flexibility index (Phi) is 3.07. The van der Waals surface area contributed by atoms with Gasteiger partial charge in [-0.05, 0) is 19.3 Å². The maximum absolute atomic E-state index is 12.1. The van der Waals surface area contributed by atoms with Gasteiger partial charge in [0, 0.05) is 18.5 Å². The minimum absolute atomic E-state index is 0.0393. The number of carboxylic acid groups (broad SMARTS) is 1. The van der Waals surface area contributed by atoms with Crippen molar-refractivity contribution in [2.24, 2.45) is 11.7 Å². The van der Waals surface area contributed by atoms with Gasteiger partial charge in [0.15, 0.2) is 0 Å². The lowest BCUT2D eigenvalue weighted by molar-refractivity contribution is -0.143. The molecule has 92 valence electrons. The Balaban J connectivity index is 2.11. The molecule has 0 spiro atoms. The summed E-state index contributed by atoms with van der Waals surface area (Å²) in [4.78, 5) is 24.8. The average Bonchev–Trinajstić information content (AvgIpc) is 2.85. The maximum Gasteiger partial charge on any atom is 0.308 e. The number of aliphatic carboxylic acids is 1. The summed E-state index contributed by atoms with van der Waals surface area (Å²) in [6, 6.07) is -0.845. The Morgan fingerprint density at radius 3 is 2.76 bits per heavy atom. The van der Waals surface area contributed by atoms with Crippen molar-refractivity contribution in [3.63, 3.8) is 0 Å². The number of nitrogens with two attached hydrogens (primary N) is 1. The van der Waals surface area contributed by atoms with Crippen LogP contribution in [-0.2, 0) is 9.59 Å². The molecule has 3 N–H and O–H groups in total. The van der Waals surface area contributed by atoms with Crippen LogP contribution < -0.4 is 5.73 Å². The van der Waals surface area contributed by atoms with Crippen LogP contribution in [-0.4, -0.2) is 40.0 Å². The standard InChI is InChI=1S/C12H16N2O3/c1-2-3-9(13)11(15)14-7-4-5-10(14)8(6-7)12(16)17/h1,7-10H,3-6,13H2,(H,16,17). The molecule has 2 aliphatic heterocycles. The molecule has 0 radical (unpaired) electrons. The van der Waals surface area contributed by atoms with E-state index in [1.807, 2.05) is 0 Å². The molecule has 5 nitrogen and oxygen atoms in total. The lowest BCUT2D eigenvalue weighted by Crippen LogP contribution is -2.47. The van der Waals surface area contributed by atoms with E-state index in [1.165, 1.54) is 0 Å². The van der Waals surface area contributed by atoms with Crippen LogP contribution in [0.1, 0.15) is 25.7 Å². The van der Waals surface area contributed by atoms with Crippen molar-refractivity contribution >= 4 is 11.9 Å². The molecule has 1 amide bonds. The van der Waals surface area contributed by atoms with Crippen LogP contribution in [0.5, 0.6) is 0 Å². The zero-order valence-electron chi connectivity index (χ0n) is 9.50. The number of hydrogen-bond donors (Lipinski definition) is 2. The molecule has 0 aromatic rings. The Bertz CT molecular complexity index is 388. The fraction of sp³-hybridized carbons (Fsp3) is 0.667. The zero-order chi connectivity index (χ0) is 12.6. The highest BCUT2D eigenvalue weighted by atomic mass is 16.4. The first-order chi connectivity index (χ1) is 8.06. The van der Waals surface area contributed by atoms with Gasteiger partial charge in [-0.1, -0.05) is 0 Å². The Labute approximate surface area is 100.0 Å². The third-order valence-corrected chi connectivity index (χ3v) is 3.76. The second kappa shape index (κ2) is 4.38. The summed E-state index contributed by atoms with van der Waals surface area (Å²) in [5, 5.41) is 9.08. The van der Waals surface area contributed by atoms with Crippen molar-refractivity contribution in [3.8, 4) is 12.3 Å². The van der Waals surface area contributed by atoms with E-state index in [1.54, 1.807) is 4.90 Å². The van der Waals surface area contributed by atoms with Gasteiger partial charge in [-0.15, -0.1) is 12.3 Å². The van der Waals surface area contributed by atoms with Gasteiger partial charge in [0.2, 0.25) is 5.91 Å². The van der Waals surface area contributed by atoms with Crippen molar-refractivity contribution in [2.45, 2.75) is 43.8 Å². The third-order valence-electron chi connectivity index (χ3n) is 3.76. The van der Waals surface area contributed by atoms with E-state index in [4.69, 9.17) is 17.3 Å². The molecule has 4 atom stereocenters. The van der Waals surface area contributed by atoms with E-state index < -0.39 is 17.9 Å². The van der Waals surface area contributed by atoms with Gasteiger partial charge in [0.05, 0.1) is 12.0 Å². The van der Waals surface area contributed by atoms with Crippen LogP contribution in [0.25, 0.3) is 0 Å². The number of hydrogen-bond acceptors (Lipinski definition) is 3. The molecule has 0 aromatic carbocycles. The first-order valence-electron chi connectivity index (χ1n) is 5.80. The summed E-state index contributed by atoms with van der Waals surface area (Å²) in [6.45, 7) is 0. The molecule has 2 aliphatic rings. The Morgan fingerprint density at radius 1 is 1.53 bits per heavy atom. The van der Waals surface area contributed by atoms with Gasteiger partial charge < -0.3 is 15.7 Å². The molecule has 2 bridgehead atoms. The molecule has 5 heteroatoms. The van der Waals surface area contributed by atoms with Crippen LogP contribution in [0.15, 0.2) is 0 Å². The minimum atomic E-state index is -0.819. The smallest absolute Gasteiger partial charge is 0.308 e. The molecule has 4 unspecified atom stereocenters. The predicted molar refractivity (Wildman–Crippen MR) is 60.8 cm³/mol. The van der Waals surface area contributed by atoms with E-state index in [0.717, 1.165) is 12.8 Å². The van der Waals surface area contributed by atoms with Crippen LogP contribution >= 0.6 is 0 Å². The summed E-state index contributed by atoms with van der Waals surface area (Å²) >= 11 is 0. The highest BCUT2D eigenvalue weighted by Gasteiger charge is 2.51. The number of rotatable bonds is 3. The highest BCUT2D eigenvalue weighted by molar-refractivity contribution is 5.84. The summed E-state index contributed by atoms with van der Waals surface area (Å²) in [5.74, 6) is 0.918. The number of amides is 1. The minimum Gasteiger partial charge on any atom is -0.481 e. The summed E-state index contributed by atoms with van der Waals surface area (Å²) in [7, 11) is 0. The summed E-state index contributed by atoms with van der Waals surface area (Å²) in [6.07, 6.45) is 7.52. The zero-order valence-corrected chi connectivity index (χ0v) is 9.50. The van der Waals surface area contributed by atoms with Crippen LogP contribution in [0, 0.1) is 18.3 Å². The molecule has 0 saturated carbocycles. The fourth-order valence-corrected chi connectivity index (χ4v) is 3.00. The number of fused-ring (bicyclic) bond motifs is 2. The van der Waals surface area contributed by atoms with Crippen LogP contribution in [0.2, 0.25) is 0 Å². The molecule has 17 heavy (non-hydrogen) atoms. The molecule has 0 aromatic heterocycles. The van der Waals surface area contributed by atoms with Crippen molar-refractivity contribution in [1.29, 1.82) is 0 Å². The van der Waals surface area contributed by atoms with E-state index in [-0.39, 0.29) is 24.4 Å². The molecule has 0 aliphatic carbocycles. The highest BCUT2D eigenvalue weighted by Crippen LogP contribution is 2.42. The van der Waals surface area contributed by atoms with Gasteiger partial charge in [0.25, 0.3) is 0 Å². The molecular weight excluding hydrogens is 220 g/mol. The van der Waals surface area contributed by atoms with E-state index in [0.29, 0.717) is 6.42 Å². The number of nitrogens with zero attached hydrogens (tertiary/aromatic N) is 1. The fourth-order valence-electron chi connectivity index (χ4n) is 3.00. The van der Waals surface area contributed by atoms with Crippen molar-refractivity contribution in [2.75, 3.05) is 0 Å². The maximum atomic E-state index is 12.1. The number of carbonyl (C=O) groups is 2. The second-order valence-corrected chi connectivity index (χ2v) is 4.74. The SMILES string of the molecule is C#CCC(N)C(=O)N1C2CCC1C(C(=O)O)C2. The van der Waals surface area contributed by atoms with E-state index >= 15 is 0 Å². The first kappa shape index (κ1) is 11.9. The molecule has 2 rings (SSSR count). The lowest BCUT2D eigenvalue weighted by atomic mass is 9.89. The van der Waals surface area contributed by atoms with Crippen LogP contribution in [0.4, 0.5) is 0 Å².